The van der Waals surface area contributed by atoms with E-state index >= 15 is 0 Å². The molecule has 1 aliphatic rings. The van der Waals surface area contributed by atoms with Gasteiger partial charge in [0, 0.05) is 24.9 Å². The van der Waals surface area contributed by atoms with Crippen molar-refractivity contribution in [2.45, 2.75) is 38.3 Å². The number of amides is 2. The molecule has 2 rings (SSSR count). The third-order valence-corrected chi connectivity index (χ3v) is 3.43. The Morgan fingerprint density at radius 1 is 1.50 bits per heavy atom. The Morgan fingerprint density at radius 3 is 3.05 bits per heavy atom. The summed E-state index contributed by atoms with van der Waals surface area (Å²) >= 11 is 0. The highest BCUT2D eigenvalue weighted by atomic mass is 16.5. The van der Waals surface area contributed by atoms with Gasteiger partial charge in [-0.2, -0.15) is 0 Å². The summed E-state index contributed by atoms with van der Waals surface area (Å²) in [5.74, 6) is 0. The second-order valence-corrected chi connectivity index (χ2v) is 5.24. The lowest BCUT2D eigenvalue weighted by atomic mass is 10.1. The molecule has 0 saturated carbocycles. The topological polar surface area (TPSA) is 76.4 Å². The molecule has 1 fully saturated rings. The Balaban J connectivity index is 1.80. The predicted octanol–water partition coefficient (Wildman–Crippen LogP) is 2.40. The van der Waals surface area contributed by atoms with Crippen LogP contribution in [0.15, 0.2) is 24.3 Å². The minimum Gasteiger partial charge on any atom is -0.376 e. The molecule has 0 radical (unpaired) electrons. The van der Waals surface area contributed by atoms with E-state index in [2.05, 4.69) is 10.6 Å². The summed E-state index contributed by atoms with van der Waals surface area (Å²) in [5.41, 5.74) is 7.57. The first kappa shape index (κ1) is 14.8. The fourth-order valence-electron chi connectivity index (χ4n) is 2.25. The first-order valence-corrected chi connectivity index (χ1v) is 7.17. The maximum absolute atomic E-state index is 11.8. The Kier molecular flexibility index (Phi) is 5.38. The van der Waals surface area contributed by atoms with Gasteiger partial charge < -0.3 is 21.1 Å². The molecule has 4 N–H and O–H groups in total. The van der Waals surface area contributed by atoms with E-state index in [1.54, 1.807) is 0 Å². The number of hydrogen-bond acceptors (Lipinski definition) is 3. The van der Waals surface area contributed by atoms with E-state index in [1.165, 1.54) is 6.42 Å². The number of hydrogen-bond donors (Lipinski definition) is 3. The van der Waals surface area contributed by atoms with Crippen LogP contribution in [0.4, 0.5) is 10.5 Å². The number of benzene rings is 1. The molecule has 20 heavy (non-hydrogen) atoms. The molecule has 1 heterocycles. The zero-order valence-corrected chi connectivity index (χ0v) is 11.9. The molecule has 0 aliphatic carbocycles. The lowest BCUT2D eigenvalue weighted by Crippen LogP contribution is -2.37. The molecule has 1 aromatic carbocycles. The van der Waals surface area contributed by atoms with E-state index in [1.807, 2.05) is 31.2 Å². The van der Waals surface area contributed by atoms with Gasteiger partial charge >= 0.3 is 6.03 Å². The van der Waals surface area contributed by atoms with Crippen molar-refractivity contribution < 1.29 is 9.53 Å². The van der Waals surface area contributed by atoms with Crippen molar-refractivity contribution in [3.8, 4) is 0 Å². The SMILES string of the molecule is CC(N)c1cccc(NC(=O)NCC2CCCCO2)c1. The second-order valence-electron chi connectivity index (χ2n) is 5.24. The van der Waals surface area contributed by atoms with Crippen LogP contribution < -0.4 is 16.4 Å². The van der Waals surface area contributed by atoms with Crippen LogP contribution in [-0.4, -0.2) is 25.3 Å². The summed E-state index contributed by atoms with van der Waals surface area (Å²) in [7, 11) is 0. The van der Waals surface area contributed by atoms with Gasteiger partial charge in [0.05, 0.1) is 6.10 Å². The normalized spacial score (nSPS) is 20.2. The maximum atomic E-state index is 11.8. The molecule has 0 spiro atoms. The molecule has 110 valence electrons. The Morgan fingerprint density at radius 2 is 2.35 bits per heavy atom. The minimum absolute atomic E-state index is 0.0459. The van der Waals surface area contributed by atoms with E-state index < -0.39 is 0 Å². The number of nitrogens with two attached hydrogens (primary N) is 1. The molecule has 1 aromatic rings. The first-order valence-electron chi connectivity index (χ1n) is 7.17. The van der Waals surface area contributed by atoms with E-state index in [4.69, 9.17) is 10.5 Å². The van der Waals surface area contributed by atoms with Gasteiger partial charge in [-0.3, -0.25) is 0 Å². The average molecular weight is 277 g/mol. The number of urea groups is 1. The summed E-state index contributed by atoms with van der Waals surface area (Å²) in [4.78, 5) is 11.8. The highest BCUT2D eigenvalue weighted by Gasteiger charge is 2.14. The summed E-state index contributed by atoms with van der Waals surface area (Å²) in [6, 6.07) is 7.32. The average Bonchev–Trinajstić information content (AvgIpc) is 2.46. The van der Waals surface area contributed by atoms with Crippen molar-refractivity contribution in [2.75, 3.05) is 18.5 Å². The predicted molar refractivity (Wildman–Crippen MR) is 79.7 cm³/mol. The number of ether oxygens (including phenoxy) is 1. The standard InChI is InChI=1S/C15H23N3O2/c1-11(16)12-5-4-6-13(9-12)18-15(19)17-10-14-7-2-3-8-20-14/h4-6,9,11,14H,2-3,7-8,10,16H2,1H3,(H2,17,18,19). The maximum Gasteiger partial charge on any atom is 0.319 e. The molecule has 5 nitrogen and oxygen atoms in total. The van der Waals surface area contributed by atoms with Crippen LogP contribution in [0.2, 0.25) is 0 Å². The van der Waals surface area contributed by atoms with Gasteiger partial charge in [-0.15, -0.1) is 0 Å². The summed E-state index contributed by atoms with van der Waals surface area (Å²) in [6.07, 6.45) is 3.45. The largest absolute Gasteiger partial charge is 0.376 e. The zero-order valence-electron chi connectivity index (χ0n) is 11.9. The Bertz CT molecular complexity index is 442. The Labute approximate surface area is 119 Å². The van der Waals surface area contributed by atoms with Crippen LogP contribution in [0.3, 0.4) is 0 Å². The van der Waals surface area contributed by atoms with Gasteiger partial charge in [-0.05, 0) is 43.9 Å². The fourth-order valence-corrected chi connectivity index (χ4v) is 2.25. The molecule has 2 unspecified atom stereocenters. The first-order chi connectivity index (χ1) is 9.65. The quantitative estimate of drug-likeness (QED) is 0.791. The zero-order chi connectivity index (χ0) is 14.4. The van der Waals surface area contributed by atoms with Gasteiger partial charge in [-0.1, -0.05) is 12.1 Å². The van der Waals surface area contributed by atoms with Gasteiger partial charge in [0.2, 0.25) is 0 Å². The van der Waals surface area contributed by atoms with Crippen LogP contribution in [-0.2, 0) is 4.74 Å². The van der Waals surface area contributed by atoms with Gasteiger partial charge in [0.15, 0.2) is 0 Å². The molecule has 0 bridgehead atoms. The van der Waals surface area contributed by atoms with Crippen LogP contribution in [0.5, 0.6) is 0 Å². The fraction of sp³-hybridized carbons (Fsp3) is 0.533. The van der Waals surface area contributed by atoms with Crippen molar-refractivity contribution in [2.24, 2.45) is 5.73 Å². The number of carbonyl (C=O) groups is 1. The molecule has 2 amide bonds. The monoisotopic (exact) mass is 277 g/mol. The van der Waals surface area contributed by atoms with Crippen LogP contribution in [0.1, 0.15) is 37.8 Å². The number of carbonyl (C=O) groups excluding carboxylic acids is 1. The van der Waals surface area contributed by atoms with Gasteiger partial charge in [-0.25, -0.2) is 4.79 Å². The van der Waals surface area contributed by atoms with Gasteiger partial charge in [0.25, 0.3) is 0 Å². The van der Waals surface area contributed by atoms with Crippen molar-refractivity contribution in [1.29, 1.82) is 0 Å². The van der Waals surface area contributed by atoms with Crippen molar-refractivity contribution in [3.63, 3.8) is 0 Å². The molecular weight excluding hydrogens is 254 g/mol. The third kappa shape index (κ3) is 4.51. The molecular formula is C15H23N3O2. The van der Waals surface area contributed by atoms with Gasteiger partial charge in [0.1, 0.15) is 0 Å². The lowest BCUT2D eigenvalue weighted by Gasteiger charge is -2.22. The highest BCUT2D eigenvalue weighted by molar-refractivity contribution is 5.89. The number of nitrogens with one attached hydrogen (secondary N) is 2. The lowest BCUT2D eigenvalue weighted by molar-refractivity contribution is 0.0187. The third-order valence-electron chi connectivity index (χ3n) is 3.43. The summed E-state index contributed by atoms with van der Waals surface area (Å²) in [5, 5.41) is 5.66. The Hall–Kier alpha value is -1.59. The summed E-state index contributed by atoms with van der Waals surface area (Å²) < 4.78 is 5.57. The van der Waals surface area contributed by atoms with E-state index in [0.717, 1.165) is 30.7 Å². The second kappa shape index (κ2) is 7.26. The summed E-state index contributed by atoms with van der Waals surface area (Å²) in [6.45, 7) is 3.27. The minimum atomic E-state index is -0.207. The van der Waals surface area contributed by atoms with Crippen molar-refractivity contribution in [1.82, 2.24) is 5.32 Å². The molecule has 1 saturated heterocycles. The van der Waals surface area contributed by atoms with Crippen LogP contribution in [0.25, 0.3) is 0 Å². The number of anilines is 1. The molecule has 5 heteroatoms. The van der Waals surface area contributed by atoms with E-state index in [-0.39, 0.29) is 18.2 Å². The highest BCUT2D eigenvalue weighted by Crippen LogP contribution is 2.15. The van der Waals surface area contributed by atoms with E-state index in [9.17, 15) is 4.79 Å². The van der Waals surface area contributed by atoms with E-state index in [0.29, 0.717) is 6.54 Å². The van der Waals surface area contributed by atoms with Crippen LogP contribution >= 0.6 is 0 Å². The van der Waals surface area contributed by atoms with Crippen molar-refractivity contribution in [3.05, 3.63) is 29.8 Å². The smallest absolute Gasteiger partial charge is 0.319 e. The van der Waals surface area contributed by atoms with Crippen molar-refractivity contribution >= 4 is 11.7 Å². The number of rotatable bonds is 4. The molecule has 2 atom stereocenters. The molecule has 1 aliphatic heterocycles. The molecule has 0 aromatic heterocycles. The van der Waals surface area contributed by atoms with Crippen LogP contribution in [0, 0.1) is 0 Å².